The van der Waals surface area contributed by atoms with Crippen LogP contribution in [0.2, 0.25) is 5.02 Å². The van der Waals surface area contributed by atoms with Crippen molar-refractivity contribution in [2.45, 2.75) is 26.6 Å². The highest BCUT2D eigenvalue weighted by Gasteiger charge is 2.14. The minimum absolute atomic E-state index is 0.789. The number of rotatable bonds is 6. The third kappa shape index (κ3) is 3.43. The molecule has 0 fully saturated rings. The second-order valence-electron chi connectivity index (χ2n) is 6.44. The van der Waals surface area contributed by atoms with Crippen LogP contribution in [0.3, 0.4) is 0 Å². The Balaban J connectivity index is 1.65. The highest BCUT2D eigenvalue weighted by molar-refractivity contribution is 7.09. The molecule has 4 rings (SSSR count). The number of aromatic nitrogens is 1. The van der Waals surface area contributed by atoms with Crippen LogP contribution in [0.4, 0.5) is 0 Å². The molecule has 0 radical (unpaired) electrons. The van der Waals surface area contributed by atoms with E-state index in [-0.39, 0.29) is 0 Å². The summed E-state index contributed by atoms with van der Waals surface area (Å²) in [6.45, 7) is 4.76. The predicted octanol–water partition coefficient (Wildman–Crippen LogP) is 6.00. The van der Waals surface area contributed by atoms with Gasteiger partial charge in [-0.3, -0.25) is 0 Å². The zero-order chi connectivity index (χ0) is 17.9. The van der Waals surface area contributed by atoms with Gasteiger partial charge in [0, 0.05) is 46.1 Å². The van der Waals surface area contributed by atoms with Crippen molar-refractivity contribution in [3.63, 3.8) is 0 Å². The molecule has 2 heterocycles. The zero-order valence-corrected chi connectivity index (χ0v) is 16.3. The van der Waals surface area contributed by atoms with Crippen molar-refractivity contribution in [3.8, 4) is 0 Å². The van der Waals surface area contributed by atoms with Crippen LogP contribution in [-0.4, -0.2) is 4.57 Å². The Kier molecular flexibility index (Phi) is 5.11. The van der Waals surface area contributed by atoms with E-state index in [1.807, 2.05) is 18.2 Å². The van der Waals surface area contributed by atoms with E-state index >= 15 is 0 Å². The van der Waals surface area contributed by atoms with Crippen LogP contribution < -0.4 is 5.32 Å². The number of hydrogen-bond donors (Lipinski definition) is 1. The first-order chi connectivity index (χ1) is 12.7. The lowest BCUT2D eigenvalue weighted by Crippen LogP contribution is -2.13. The molecule has 0 atom stereocenters. The molecule has 4 aromatic rings. The molecule has 0 aliphatic heterocycles. The monoisotopic (exact) mass is 380 g/mol. The molecule has 2 aromatic heterocycles. The van der Waals surface area contributed by atoms with Gasteiger partial charge >= 0.3 is 0 Å². The van der Waals surface area contributed by atoms with E-state index in [0.717, 1.165) is 30.2 Å². The molecule has 26 heavy (non-hydrogen) atoms. The number of hydrogen-bond acceptors (Lipinski definition) is 2. The Hall–Kier alpha value is -2.07. The SMILES string of the molecule is Cc1c(CNCc2cccs2)c2ccccc2n1Cc1ccccc1Cl. The van der Waals surface area contributed by atoms with E-state index in [4.69, 9.17) is 11.6 Å². The standard InChI is InChI=1S/C22H21ClN2S/c1-16-20(14-24-13-18-8-6-12-26-18)19-9-3-5-11-22(19)25(16)15-17-7-2-4-10-21(17)23/h2-12,24H,13-15H2,1H3. The number of benzene rings is 2. The van der Waals surface area contributed by atoms with Crippen molar-refractivity contribution < 1.29 is 0 Å². The number of thiophene rings is 1. The first kappa shape index (κ1) is 17.3. The predicted molar refractivity (Wildman–Crippen MR) is 112 cm³/mol. The lowest BCUT2D eigenvalue weighted by atomic mass is 10.1. The summed E-state index contributed by atoms with van der Waals surface area (Å²) in [4.78, 5) is 1.36. The number of nitrogens with one attached hydrogen (secondary N) is 1. The van der Waals surface area contributed by atoms with E-state index in [1.165, 1.54) is 27.0 Å². The maximum atomic E-state index is 6.40. The fraction of sp³-hybridized carbons (Fsp3) is 0.182. The van der Waals surface area contributed by atoms with Crippen LogP contribution in [0.25, 0.3) is 10.9 Å². The van der Waals surface area contributed by atoms with Gasteiger partial charge in [0.05, 0.1) is 0 Å². The Morgan fingerprint density at radius 2 is 1.77 bits per heavy atom. The fourth-order valence-electron chi connectivity index (χ4n) is 3.45. The van der Waals surface area contributed by atoms with Gasteiger partial charge in [-0.1, -0.05) is 54.1 Å². The molecule has 0 bridgehead atoms. The third-order valence-corrected chi connectivity index (χ3v) is 6.07. The van der Waals surface area contributed by atoms with Crippen LogP contribution in [0, 0.1) is 6.92 Å². The van der Waals surface area contributed by atoms with Gasteiger partial charge in [-0.05, 0) is 41.6 Å². The number of halogens is 1. The zero-order valence-electron chi connectivity index (χ0n) is 14.7. The molecule has 1 N–H and O–H groups in total. The minimum atomic E-state index is 0.789. The maximum Gasteiger partial charge on any atom is 0.0493 e. The van der Waals surface area contributed by atoms with Gasteiger partial charge in [0.1, 0.15) is 0 Å². The summed E-state index contributed by atoms with van der Waals surface area (Å²) >= 11 is 8.19. The Labute approximate surface area is 163 Å². The van der Waals surface area contributed by atoms with Crippen molar-refractivity contribution in [1.29, 1.82) is 0 Å². The van der Waals surface area contributed by atoms with Crippen LogP contribution in [-0.2, 0) is 19.6 Å². The van der Waals surface area contributed by atoms with E-state index in [9.17, 15) is 0 Å². The van der Waals surface area contributed by atoms with E-state index in [0.29, 0.717) is 0 Å². The third-order valence-electron chi connectivity index (χ3n) is 4.83. The Morgan fingerprint density at radius 3 is 2.58 bits per heavy atom. The Bertz CT molecular complexity index is 1020. The van der Waals surface area contributed by atoms with Crippen LogP contribution in [0.5, 0.6) is 0 Å². The highest BCUT2D eigenvalue weighted by Crippen LogP contribution is 2.28. The molecule has 0 aliphatic carbocycles. The van der Waals surface area contributed by atoms with Gasteiger partial charge in [0.15, 0.2) is 0 Å². The molecule has 2 aromatic carbocycles. The summed E-state index contributed by atoms with van der Waals surface area (Å²) in [5, 5.41) is 7.86. The average molecular weight is 381 g/mol. The van der Waals surface area contributed by atoms with E-state index < -0.39 is 0 Å². The van der Waals surface area contributed by atoms with Gasteiger partial charge in [0.2, 0.25) is 0 Å². The lowest BCUT2D eigenvalue weighted by molar-refractivity contribution is 0.692. The van der Waals surface area contributed by atoms with Gasteiger partial charge in [0.25, 0.3) is 0 Å². The summed E-state index contributed by atoms with van der Waals surface area (Å²) < 4.78 is 2.37. The number of para-hydroxylation sites is 1. The van der Waals surface area contributed by atoms with Crippen molar-refractivity contribution in [2.75, 3.05) is 0 Å². The van der Waals surface area contributed by atoms with Gasteiger partial charge in [-0.15, -0.1) is 11.3 Å². The summed E-state index contributed by atoms with van der Waals surface area (Å²) in [7, 11) is 0. The summed E-state index contributed by atoms with van der Waals surface area (Å²) in [6.07, 6.45) is 0. The summed E-state index contributed by atoms with van der Waals surface area (Å²) in [5.41, 5.74) is 5.07. The van der Waals surface area contributed by atoms with Gasteiger partial charge in [-0.2, -0.15) is 0 Å². The molecule has 0 saturated heterocycles. The van der Waals surface area contributed by atoms with Gasteiger partial charge in [-0.25, -0.2) is 0 Å². The van der Waals surface area contributed by atoms with Crippen molar-refractivity contribution in [1.82, 2.24) is 9.88 Å². The first-order valence-electron chi connectivity index (χ1n) is 8.77. The quantitative estimate of drug-likeness (QED) is 0.434. The fourth-order valence-corrected chi connectivity index (χ4v) is 4.32. The number of nitrogens with zero attached hydrogens (tertiary/aromatic N) is 1. The number of fused-ring (bicyclic) bond motifs is 1. The molecule has 132 valence electrons. The topological polar surface area (TPSA) is 17.0 Å². The van der Waals surface area contributed by atoms with E-state index in [1.54, 1.807) is 11.3 Å². The maximum absolute atomic E-state index is 6.40. The Morgan fingerprint density at radius 1 is 0.962 bits per heavy atom. The van der Waals surface area contributed by atoms with Crippen LogP contribution in [0.1, 0.15) is 21.7 Å². The molecule has 0 spiro atoms. The largest absolute Gasteiger partial charge is 0.340 e. The van der Waals surface area contributed by atoms with Crippen molar-refractivity contribution in [3.05, 3.63) is 92.8 Å². The normalized spacial score (nSPS) is 11.3. The second-order valence-corrected chi connectivity index (χ2v) is 7.88. The first-order valence-corrected chi connectivity index (χ1v) is 10.0. The van der Waals surface area contributed by atoms with Crippen molar-refractivity contribution in [2.24, 2.45) is 0 Å². The second kappa shape index (κ2) is 7.67. The average Bonchev–Trinajstić information content (AvgIpc) is 3.26. The summed E-state index contributed by atoms with van der Waals surface area (Å²) in [5.74, 6) is 0. The molecule has 0 aliphatic rings. The molecule has 0 unspecified atom stereocenters. The van der Waals surface area contributed by atoms with Crippen LogP contribution in [0.15, 0.2) is 66.0 Å². The van der Waals surface area contributed by atoms with Crippen molar-refractivity contribution >= 4 is 33.8 Å². The molecular weight excluding hydrogens is 360 g/mol. The molecule has 0 amide bonds. The lowest BCUT2D eigenvalue weighted by Gasteiger charge is -2.11. The molecular formula is C22H21ClN2S. The van der Waals surface area contributed by atoms with Gasteiger partial charge < -0.3 is 9.88 Å². The summed E-state index contributed by atoms with van der Waals surface area (Å²) in [6, 6.07) is 21.0. The highest BCUT2D eigenvalue weighted by atomic mass is 35.5. The molecule has 2 nitrogen and oxygen atoms in total. The molecule has 0 saturated carbocycles. The van der Waals surface area contributed by atoms with E-state index in [2.05, 4.69) is 64.7 Å². The molecule has 4 heteroatoms. The minimum Gasteiger partial charge on any atom is -0.340 e. The smallest absolute Gasteiger partial charge is 0.0493 e. The van der Waals surface area contributed by atoms with Crippen LogP contribution >= 0.6 is 22.9 Å².